The minimum absolute atomic E-state index is 0.0767. The first-order valence-corrected chi connectivity index (χ1v) is 11.3. The van der Waals surface area contributed by atoms with Crippen molar-refractivity contribution in [3.63, 3.8) is 0 Å². The average Bonchev–Trinajstić information content (AvgIpc) is 3.12. The third-order valence-corrected chi connectivity index (χ3v) is 6.39. The van der Waals surface area contributed by atoms with Gasteiger partial charge < -0.3 is 0 Å². The Morgan fingerprint density at radius 1 is 1.09 bits per heavy atom. The monoisotopic (exact) mass is 526 g/mol. The normalized spacial score (nSPS) is 15.3. The summed E-state index contributed by atoms with van der Waals surface area (Å²) in [6.45, 7) is 0.218. The van der Waals surface area contributed by atoms with E-state index in [1.165, 1.54) is 4.90 Å². The van der Waals surface area contributed by atoms with E-state index in [1.54, 1.807) is 0 Å². The van der Waals surface area contributed by atoms with Crippen LogP contribution in [0, 0.1) is 5.82 Å². The van der Waals surface area contributed by atoms with Crippen LogP contribution in [0.25, 0.3) is 5.69 Å². The molecule has 1 aliphatic heterocycles. The van der Waals surface area contributed by atoms with Gasteiger partial charge in [-0.2, -0.15) is 13.2 Å². The van der Waals surface area contributed by atoms with E-state index < -0.39 is 34.6 Å². The van der Waals surface area contributed by atoms with Crippen molar-refractivity contribution in [3.05, 3.63) is 91.5 Å². The number of carbonyl (C=O) groups is 1. The number of aromatic nitrogens is 2. The molecule has 7 nitrogen and oxygen atoms in total. The summed E-state index contributed by atoms with van der Waals surface area (Å²) in [6.07, 6.45) is -4.96. The lowest BCUT2D eigenvalue weighted by Crippen LogP contribution is -2.41. The van der Waals surface area contributed by atoms with Gasteiger partial charge in [-0.3, -0.25) is 19.1 Å². The van der Waals surface area contributed by atoms with Crippen molar-refractivity contribution >= 4 is 40.1 Å². The van der Waals surface area contributed by atoms with Crippen LogP contribution in [0.5, 0.6) is 0 Å². The minimum Gasteiger partial charge on any atom is -0.292 e. The standard InChI is InChI=1S/C22H15ClF4N4O3S/c1-29-17(22(25,26)27)9-18(32)31(21(29)34)16-8-15(13(23)7-14(16)24)28-20-30(19(33)11-35-20)10-12-5-3-2-4-6-12/h2-9H,10-11H2,1H3/b28-20-. The Kier molecular flexibility index (Phi) is 6.60. The number of amidine groups is 1. The summed E-state index contributed by atoms with van der Waals surface area (Å²) in [5.74, 6) is -1.23. The van der Waals surface area contributed by atoms with Gasteiger partial charge in [-0.1, -0.05) is 53.7 Å². The highest BCUT2D eigenvalue weighted by molar-refractivity contribution is 8.15. The predicted octanol–water partition coefficient (Wildman–Crippen LogP) is 4.11. The highest BCUT2D eigenvalue weighted by Gasteiger charge is 2.35. The lowest BCUT2D eigenvalue weighted by molar-refractivity contribution is -0.144. The number of nitrogens with zero attached hydrogens (tertiary/aromatic N) is 4. The van der Waals surface area contributed by atoms with Crippen molar-refractivity contribution in [2.24, 2.45) is 12.0 Å². The van der Waals surface area contributed by atoms with Crippen LogP contribution in [0.2, 0.25) is 5.02 Å². The maximum Gasteiger partial charge on any atom is 0.431 e. The molecule has 0 spiro atoms. The highest BCUT2D eigenvalue weighted by atomic mass is 35.5. The fourth-order valence-corrected chi connectivity index (χ4v) is 4.50. The van der Waals surface area contributed by atoms with Crippen LogP contribution >= 0.6 is 23.4 Å². The zero-order valence-electron chi connectivity index (χ0n) is 17.8. The molecule has 0 atom stereocenters. The molecular formula is C22H15ClF4N4O3S. The molecule has 0 unspecified atom stereocenters. The highest BCUT2D eigenvalue weighted by Crippen LogP contribution is 2.33. The lowest BCUT2D eigenvalue weighted by Gasteiger charge is -2.17. The zero-order chi connectivity index (χ0) is 25.5. The van der Waals surface area contributed by atoms with Crippen LogP contribution < -0.4 is 11.2 Å². The molecule has 3 aromatic rings. The number of carbonyl (C=O) groups excluding carboxylic acids is 1. The van der Waals surface area contributed by atoms with Gasteiger partial charge in [0, 0.05) is 13.1 Å². The lowest BCUT2D eigenvalue weighted by atomic mass is 10.2. The van der Waals surface area contributed by atoms with Crippen LogP contribution in [-0.2, 0) is 24.6 Å². The molecule has 1 saturated heterocycles. The summed E-state index contributed by atoms with van der Waals surface area (Å²) in [4.78, 5) is 43.1. The number of halogens is 5. The number of amides is 1. The van der Waals surface area contributed by atoms with Crippen molar-refractivity contribution in [3.8, 4) is 5.69 Å². The van der Waals surface area contributed by atoms with Gasteiger partial charge in [0.1, 0.15) is 11.5 Å². The average molecular weight is 527 g/mol. The van der Waals surface area contributed by atoms with Crippen molar-refractivity contribution in [2.75, 3.05) is 5.75 Å². The van der Waals surface area contributed by atoms with Crippen LogP contribution in [0.4, 0.5) is 23.2 Å². The van der Waals surface area contributed by atoms with Gasteiger partial charge in [-0.25, -0.2) is 18.7 Å². The van der Waals surface area contributed by atoms with Crippen molar-refractivity contribution < 1.29 is 22.4 Å². The number of rotatable bonds is 4. The molecule has 35 heavy (non-hydrogen) atoms. The first-order chi connectivity index (χ1) is 16.5. The largest absolute Gasteiger partial charge is 0.431 e. The molecule has 1 amide bonds. The molecule has 0 N–H and O–H groups in total. The maximum absolute atomic E-state index is 14.7. The summed E-state index contributed by atoms with van der Waals surface area (Å²) in [5.41, 5.74) is -4.13. The van der Waals surface area contributed by atoms with Gasteiger partial charge in [0.05, 0.1) is 28.7 Å². The molecule has 13 heteroatoms. The number of aliphatic imine (C=N–C) groups is 1. The smallest absolute Gasteiger partial charge is 0.292 e. The summed E-state index contributed by atoms with van der Waals surface area (Å²) in [7, 11) is 0.818. The van der Waals surface area contributed by atoms with E-state index in [9.17, 15) is 31.9 Å². The molecule has 182 valence electrons. The quantitative estimate of drug-likeness (QED) is 0.479. The first-order valence-electron chi connectivity index (χ1n) is 9.93. The summed E-state index contributed by atoms with van der Waals surface area (Å²) < 4.78 is 54.6. The molecular weight excluding hydrogens is 512 g/mol. The Morgan fingerprint density at radius 3 is 2.43 bits per heavy atom. The molecule has 0 radical (unpaired) electrons. The van der Waals surface area contributed by atoms with Gasteiger partial charge in [0.15, 0.2) is 5.17 Å². The molecule has 0 bridgehead atoms. The van der Waals surface area contributed by atoms with Crippen LogP contribution in [0.3, 0.4) is 0 Å². The fraction of sp³-hybridized carbons (Fsp3) is 0.182. The molecule has 2 aromatic carbocycles. The van der Waals surface area contributed by atoms with E-state index in [1.807, 2.05) is 30.3 Å². The topological polar surface area (TPSA) is 76.7 Å². The maximum atomic E-state index is 14.7. The molecule has 0 saturated carbocycles. The molecule has 4 rings (SSSR count). The van der Waals surface area contributed by atoms with Gasteiger partial charge in [-0.05, 0) is 17.7 Å². The second-order valence-electron chi connectivity index (χ2n) is 7.45. The van der Waals surface area contributed by atoms with Crippen LogP contribution in [0.1, 0.15) is 11.3 Å². The number of hydrogen-bond acceptors (Lipinski definition) is 5. The minimum atomic E-state index is -4.96. The van der Waals surface area contributed by atoms with Crippen molar-refractivity contribution in [2.45, 2.75) is 12.7 Å². The van der Waals surface area contributed by atoms with E-state index in [-0.39, 0.29) is 49.3 Å². The summed E-state index contributed by atoms with van der Waals surface area (Å²) in [5, 5.41) is 0.0705. The van der Waals surface area contributed by atoms with Crippen molar-refractivity contribution in [1.29, 1.82) is 0 Å². The Labute approximate surface area is 204 Å². The van der Waals surface area contributed by atoms with E-state index >= 15 is 0 Å². The second-order valence-corrected chi connectivity index (χ2v) is 8.80. The number of thioether (sulfide) groups is 1. The van der Waals surface area contributed by atoms with Crippen molar-refractivity contribution in [1.82, 2.24) is 14.0 Å². The molecule has 0 aliphatic carbocycles. The molecule has 2 heterocycles. The van der Waals surface area contributed by atoms with Gasteiger partial charge in [0.25, 0.3) is 5.56 Å². The third kappa shape index (κ3) is 4.89. The van der Waals surface area contributed by atoms with E-state index in [0.717, 1.165) is 36.5 Å². The fourth-order valence-electron chi connectivity index (χ4n) is 3.41. The second kappa shape index (κ2) is 9.34. The van der Waals surface area contributed by atoms with E-state index in [2.05, 4.69) is 4.99 Å². The third-order valence-electron chi connectivity index (χ3n) is 5.12. The summed E-state index contributed by atoms with van der Waals surface area (Å²) in [6, 6.07) is 11.1. The first kappa shape index (κ1) is 24.7. The van der Waals surface area contributed by atoms with Crippen LogP contribution in [-0.4, -0.2) is 30.9 Å². The number of benzene rings is 2. The van der Waals surface area contributed by atoms with Gasteiger partial charge in [-0.15, -0.1) is 0 Å². The predicted molar refractivity (Wildman–Crippen MR) is 124 cm³/mol. The Morgan fingerprint density at radius 2 is 1.77 bits per heavy atom. The Balaban J connectivity index is 1.81. The zero-order valence-corrected chi connectivity index (χ0v) is 19.4. The van der Waals surface area contributed by atoms with Crippen LogP contribution in [0.15, 0.2) is 63.1 Å². The molecule has 1 aliphatic rings. The Bertz CT molecular complexity index is 1470. The number of alkyl halides is 3. The summed E-state index contributed by atoms with van der Waals surface area (Å²) >= 11 is 7.24. The SMILES string of the molecule is Cn1c(C(F)(F)F)cc(=O)n(-c2cc(/N=C3\SCC(=O)N3Cc3ccccc3)c(Cl)cc2F)c1=O. The van der Waals surface area contributed by atoms with E-state index in [0.29, 0.717) is 0 Å². The number of hydrogen-bond donors (Lipinski definition) is 0. The Hall–Kier alpha value is -3.38. The molecule has 1 fully saturated rings. The van der Waals surface area contributed by atoms with E-state index in [4.69, 9.17) is 11.6 Å². The molecule has 1 aromatic heterocycles. The van der Waals surface area contributed by atoms with Gasteiger partial charge >= 0.3 is 11.9 Å². The van der Waals surface area contributed by atoms with Gasteiger partial charge in [0.2, 0.25) is 5.91 Å².